The molecular weight excluding hydrogens is 287 g/mol. The summed E-state index contributed by atoms with van der Waals surface area (Å²) in [4.78, 5) is 0. The Kier molecular flexibility index (Phi) is 4.06. The molecule has 15 heavy (non-hydrogen) atoms. The molecule has 4 nitrogen and oxygen atoms in total. The molecular formula is C8H10BrFN2O2S. The number of rotatable bonds is 4. The summed E-state index contributed by atoms with van der Waals surface area (Å²) in [7, 11) is -3.43. The molecule has 0 atom stereocenters. The van der Waals surface area contributed by atoms with E-state index in [0.717, 1.165) is 0 Å². The molecule has 0 heterocycles. The Morgan fingerprint density at radius 1 is 1.47 bits per heavy atom. The van der Waals surface area contributed by atoms with Gasteiger partial charge in [0.1, 0.15) is 5.82 Å². The zero-order valence-electron chi connectivity index (χ0n) is 7.70. The number of sulfonamides is 1. The van der Waals surface area contributed by atoms with Gasteiger partial charge in [-0.3, -0.25) is 4.72 Å². The van der Waals surface area contributed by atoms with Gasteiger partial charge in [-0.25, -0.2) is 12.8 Å². The Morgan fingerprint density at radius 2 is 2.13 bits per heavy atom. The lowest BCUT2D eigenvalue weighted by Gasteiger charge is -2.07. The highest BCUT2D eigenvalue weighted by Gasteiger charge is 2.09. The van der Waals surface area contributed by atoms with Crippen LogP contribution in [0.15, 0.2) is 22.7 Å². The number of hydrogen-bond acceptors (Lipinski definition) is 3. The van der Waals surface area contributed by atoms with Crippen molar-refractivity contribution in [2.45, 2.75) is 0 Å². The van der Waals surface area contributed by atoms with Crippen LogP contribution in [0.4, 0.5) is 10.1 Å². The molecule has 1 aromatic carbocycles. The van der Waals surface area contributed by atoms with E-state index in [-0.39, 0.29) is 16.8 Å². The van der Waals surface area contributed by atoms with Crippen LogP contribution in [0.25, 0.3) is 0 Å². The summed E-state index contributed by atoms with van der Waals surface area (Å²) in [5.74, 6) is -0.612. The first-order chi connectivity index (χ1) is 6.94. The summed E-state index contributed by atoms with van der Waals surface area (Å²) in [6, 6.07) is 3.86. The average Bonchev–Trinajstić information content (AvgIpc) is 2.10. The van der Waals surface area contributed by atoms with E-state index in [2.05, 4.69) is 20.7 Å². The van der Waals surface area contributed by atoms with Gasteiger partial charge in [0.2, 0.25) is 10.0 Å². The monoisotopic (exact) mass is 296 g/mol. The standard InChI is InChI=1S/C8H10BrFN2O2S/c9-7-5-6(1-2-8(7)10)12-15(13,14)4-3-11/h1-2,5,12H,3-4,11H2. The minimum Gasteiger partial charge on any atom is -0.329 e. The predicted octanol–water partition coefficient (Wildman–Crippen LogP) is 1.29. The lowest BCUT2D eigenvalue weighted by molar-refractivity contribution is 0.600. The second-order valence-electron chi connectivity index (χ2n) is 2.84. The Bertz CT molecular complexity index is 450. The minimum absolute atomic E-state index is 0.0394. The van der Waals surface area contributed by atoms with Crippen molar-refractivity contribution in [1.29, 1.82) is 0 Å². The predicted molar refractivity (Wildman–Crippen MR) is 60.6 cm³/mol. The van der Waals surface area contributed by atoms with Crippen LogP contribution in [0, 0.1) is 5.82 Å². The Morgan fingerprint density at radius 3 is 2.67 bits per heavy atom. The largest absolute Gasteiger partial charge is 0.329 e. The summed E-state index contributed by atoms with van der Waals surface area (Å²) in [6.07, 6.45) is 0. The van der Waals surface area contributed by atoms with E-state index >= 15 is 0 Å². The first-order valence-electron chi connectivity index (χ1n) is 4.10. The van der Waals surface area contributed by atoms with Crippen molar-refractivity contribution in [3.63, 3.8) is 0 Å². The van der Waals surface area contributed by atoms with Gasteiger partial charge in [-0.05, 0) is 34.1 Å². The molecule has 0 aromatic heterocycles. The van der Waals surface area contributed by atoms with Crippen molar-refractivity contribution < 1.29 is 12.8 Å². The van der Waals surface area contributed by atoms with Crippen molar-refractivity contribution in [3.05, 3.63) is 28.5 Å². The van der Waals surface area contributed by atoms with Crippen LogP contribution in [-0.4, -0.2) is 20.7 Å². The lowest BCUT2D eigenvalue weighted by atomic mass is 10.3. The maximum absolute atomic E-state index is 12.8. The molecule has 0 fully saturated rings. The fourth-order valence-electron chi connectivity index (χ4n) is 0.945. The fraction of sp³-hybridized carbons (Fsp3) is 0.250. The third kappa shape index (κ3) is 3.77. The van der Waals surface area contributed by atoms with Crippen LogP contribution >= 0.6 is 15.9 Å². The quantitative estimate of drug-likeness (QED) is 0.879. The van der Waals surface area contributed by atoms with Gasteiger partial charge in [0.15, 0.2) is 0 Å². The van der Waals surface area contributed by atoms with E-state index in [4.69, 9.17) is 5.73 Å². The Hall–Kier alpha value is -0.660. The smallest absolute Gasteiger partial charge is 0.233 e. The molecule has 1 rings (SSSR count). The zero-order chi connectivity index (χ0) is 11.5. The second-order valence-corrected chi connectivity index (χ2v) is 5.53. The summed E-state index contributed by atoms with van der Waals surface area (Å²) in [5.41, 5.74) is 5.44. The van der Waals surface area contributed by atoms with Crippen LogP contribution in [0.2, 0.25) is 0 Å². The van der Waals surface area contributed by atoms with E-state index in [1.54, 1.807) is 0 Å². The average molecular weight is 297 g/mol. The Labute approximate surface area is 95.8 Å². The molecule has 0 radical (unpaired) electrons. The fourth-order valence-corrected chi connectivity index (χ4v) is 2.22. The van der Waals surface area contributed by atoms with Crippen LogP contribution < -0.4 is 10.5 Å². The highest BCUT2D eigenvalue weighted by atomic mass is 79.9. The van der Waals surface area contributed by atoms with E-state index in [9.17, 15) is 12.8 Å². The third-order valence-corrected chi connectivity index (χ3v) is 3.51. The summed E-state index contributed by atoms with van der Waals surface area (Å²) in [5, 5.41) is 0. The highest BCUT2D eigenvalue weighted by molar-refractivity contribution is 9.10. The SMILES string of the molecule is NCCS(=O)(=O)Nc1ccc(F)c(Br)c1. The van der Waals surface area contributed by atoms with E-state index < -0.39 is 15.8 Å². The number of halogens is 2. The van der Waals surface area contributed by atoms with Gasteiger partial charge in [0.25, 0.3) is 0 Å². The van der Waals surface area contributed by atoms with Gasteiger partial charge in [-0.15, -0.1) is 0 Å². The number of anilines is 1. The first-order valence-corrected chi connectivity index (χ1v) is 6.55. The molecule has 0 aliphatic heterocycles. The molecule has 84 valence electrons. The summed E-state index contributed by atoms with van der Waals surface area (Å²) >= 11 is 2.96. The topological polar surface area (TPSA) is 72.2 Å². The normalized spacial score (nSPS) is 11.4. The minimum atomic E-state index is -3.43. The van der Waals surface area contributed by atoms with Crippen molar-refractivity contribution >= 4 is 31.6 Å². The van der Waals surface area contributed by atoms with E-state index in [1.807, 2.05) is 0 Å². The maximum Gasteiger partial charge on any atom is 0.233 e. The number of nitrogens with one attached hydrogen (secondary N) is 1. The van der Waals surface area contributed by atoms with Crippen LogP contribution in [0.5, 0.6) is 0 Å². The maximum atomic E-state index is 12.8. The van der Waals surface area contributed by atoms with Crippen molar-refractivity contribution in [2.24, 2.45) is 5.73 Å². The van der Waals surface area contributed by atoms with Crippen molar-refractivity contribution in [3.8, 4) is 0 Å². The number of nitrogens with two attached hydrogens (primary N) is 1. The molecule has 0 saturated heterocycles. The highest BCUT2D eigenvalue weighted by Crippen LogP contribution is 2.20. The van der Waals surface area contributed by atoms with Gasteiger partial charge < -0.3 is 5.73 Å². The molecule has 0 aliphatic rings. The number of hydrogen-bond donors (Lipinski definition) is 2. The lowest BCUT2D eigenvalue weighted by Crippen LogP contribution is -2.22. The van der Waals surface area contributed by atoms with Gasteiger partial charge in [-0.2, -0.15) is 0 Å². The van der Waals surface area contributed by atoms with Crippen LogP contribution in [-0.2, 0) is 10.0 Å². The molecule has 1 aromatic rings. The summed E-state index contributed by atoms with van der Waals surface area (Å²) in [6.45, 7) is 0.0394. The van der Waals surface area contributed by atoms with Gasteiger partial charge in [-0.1, -0.05) is 0 Å². The van der Waals surface area contributed by atoms with Crippen molar-refractivity contribution in [1.82, 2.24) is 0 Å². The third-order valence-electron chi connectivity index (χ3n) is 1.58. The molecule has 3 N–H and O–H groups in total. The first kappa shape index (κ1) is 12.4. The van der Waals surface area contributed by atoms with Crippen molar-refractivity contribution in [2.75, 3.05) is 17.0 Å². The van der Waals surface area contributed by atoms with Gasteiger partial charge in [0, 0.05) is 12.2 Å². The van der Waals surface area contributed by atoms with E-state index in [1.165, 1.54) is 18.2 Å². The molecule has 0 saturated carbocycles. The molecule has 0 aliphatic carbocycles. The molecule has 0 bridgehead atoms. The van der Waals surface area contributed by atoms with Crippen LogP contribution in [0.3, 0.4) is 0 Å². The molecule has 0 unspecified atom stereocenters. The van der Waals surface area contributed by atoms with Crippen LogP contribution in [0.1, 0.15) is 0 Å². The van der Waals surface area contributed by atoms with E-state index in [0.29, 0.717) is 5.69 Å². The van der Waals surface area contributed by atoms with Gasteiger partial charge >= 0.3 is 0 Å². The molecule has 0 spiro atoms. The zero-order valence-corrected chi connectivity index (χ0v) is 10.1. The second kappa shape index (κ2) is 4.91. The number of benzene rings is 1. The summed E-state index contributed by atoms with van der Waals surface area (Å²) < 4.78 is 37.9. The Balaban J connectivity index is 2.86. The molecule has 0 amide bonds. The van der Waals surface area contributed by atoms with Gasteiger partial charge in [0.05, 0.1) is 10.2 Å². The molecule has 7 heteroatoms.